The van der Waals surface area contributed by atoms with Crippen molar-refractivity contribution in [2.45, 2.75) is 6.04 Å². The maximum absolute atomic E-state index is 12.9. The first-order valence-electron chi connectivity index (χ1n) is 7.15. The van der Waals surface area contributed by atoms with E-state index in [4.69, 9.17) is 4.74 Å². The molecule has 1 atom stereocenters. The van der Waals surface area contributed by atoms with Crippen molar-refractivity contribution in [3.8, 4) is 0 Å². The van der Waals surface area contributed by atoms with Gasteiger partial charge in [0.1, 0.15) is 5.70 Å². The van der Waals surface area contributed by atoms with Gasteiger partial charge < -0.3 is 15.4 Å². The summed E-state index contributed by atoms with van der Waals surface area (Å²) >= 11 is 1.27. The lowest BCUT2D eigenvalue weighted by atomic mass is 9.91. The molecular weight excluding hydrogens is 328 g/mol. The average Bonchev–Trinajstić information content (AvgIpc) is 3.15. The number of esters is 1. The van der Waals surface area contributed by atoms with E-state index in [2.05, 4.69) is 10.6 Å². The zero-order valence-electron chi connectivity index (χ0n) is 12.7. The van der Waals surface area contributed by atoms with E-state index in [1.54, 1.807) is 41.8 Å². The van der Waals surface area contributed by atoms with Gasteiger partial charge in [0.25, 0.3) is 0 Å². The molecule has 24 heavy (non-hydrogen) atoms. The molecule has 0 spiro atoms. The maximum atomic E-state index is 12.9. The zero-order valence-corrected chi connectivity index (χ0v) is 13.6. The molecule has 1 aromatic carbocycles. The molecule has 2 aromatic rings. The van der Waals surface area contributed by atoms with Gasteiger partial charge in [-0.15, -0.1) is 11.3 Å². The molecule has 2 heterocycles. The lowest BCUT2D eigenvalue weighted by molar-refractivity contribution is -0.136. The van der Waals surface area contributed by atoms with Crippen molar-refractivity contribution >= 4 is 29.1 Å². The third-order valence-corrected chi connectivity index (χ3v) is 4.45. The van der Waals surface area contributed by atoms with Crippen LogP contribution in [0, 0.1) is 0 Å². The molecule has 0 saturated heterocycles. The number of rotatable bonds is 4. The number of urea groups is 1. The van der Waals surface area contributed by atoms with Gasteiger partial charge in [0, 0.05) is 0 Å². The Morgan fingerprint density at radius 3 is 2.50 bits per heavy atom. The molecule has 3 rings (SSSR count). The molecule has 0 radical (unpaired) electrons. The van der Waals surface area contributed by atoms with Gasteiger partial charge in [0.2, 0.25) is 5.78 Å². The maximum Gasteiger partial charge on any atom is 0.355 e. The topological polar surface area (TPSA) is 84.5 Å². The normalized spacial score (nSPS) is 17.0. The molecule has 0 unspecified atom stereocenters. The number of carbonyl (C=O) groups is 3. The summed E-state index contributed by atoms with van der Waals surface area (Å²) in [5.41, 5.74) is 0.734. The van der Waals surface area contributed by atoms with E-state index in [0.717, 1.165) is 0 Å². The Hall–Kier alpha value is -2.93. The molecular formula is C17H14N2O4S. The second kappa shape index (κ2) is 6.67. The number of amides is 2. The number of hydrogen-bond acceptors (Lipinski definition) is 5. The van der Waals surface area contributed by atoms with Crippen molar-refractivity contribution in [3.63, 3.8) is 0 Å². The van der Waals surface area contributed by atoms with E-state index >= 15 is 0 Å². The van der Waals surface area contributed by atoms with Crippen LogP contribution in [0.15, 0.2) is 59.1 Å². The van der Waals surface area contributed by atoms with Gasteiger partial charge in [-0.3, -0.25) is 4.79 Å². The van der Waals surface area contributed by atoms with Crippen LogP contribution in [0.25, 0.3) is 0 Å². The highest BCUT2D eigenvalue weighted by Gasteiger charge is 2.36. The van der Waals surface area contributed by atoms with Gasteiger partial charge in [-0.05, 0) is 17.0 Å². The fourth-order valence-electron chi connectivity index (χ4n) is 2.51. The molecule has 122 valence electrons. The van der Waals surface area contributed by atoms with Gasteiger partial charge in [-0.2, -0.15) is 0 Å². The summed E-state index contributed by atoms with van der Waals surface area (Å²) in [5, 5.41) is 6.88. The number of ether oxygens (including phenoxy) is 1. The number of hydrogen-bond donors (Lipinski definition) is 2. The molecule has 2 amide bonds. The molecule has 2 N–H and O–H groups in total. The smallest absolute Gasteiger partial charge is 0.355 e. The first kappa shape index (κ1) is 15.9. The number of thiophene rings is 1. The van der Waals surface area contributed by atoms with Crippen LogP contribution in [0.1, 0.15) is 21.3 Å². The third-order valence-electron chi connectivity index (χ3n) is 3.58. The summed E-state index contributed by atoms with van der Waals surface area (Å²) in [6.45, 7) is 0. The quantitative estimate of drug-likeness (QED) is 0.660. The summed E-state index contributed by atoms with van der Waals surface area (Å²) in [6, 6.07) is 11.1. The standard InChI is InChI=1S/C17H14N2O4S/c1-23-16(21)14-12(15(20)11-8-5-9-24-11)13(18-17(22)19-14)10-6-3-2-4-7-10/h2-9,13H,1H3,(H2,18,19,22)/t13-/m1/s1. The molecule has 6 nitrogen and oxygen atoms in total. The Morgan fingerprint density at radius 2 is 1.88 bits per heavy atom. The van der Waals surface area contributed by atoms with Gasteiger partial charge >= 0.3 is 12.0 Å². The zero-order chi connectivity index (χ0) is 17.1. The van der Waals surface area contributed by atoms with Crippen molar-refractivity contribution < 1.29 is 19.1 Å². The van der Waals surface area contributed by atoms with E-state index in [-0.39, 0.29) is 17.1 Å². The fourth-order valence-corrected chi connectivity index (χ4v) is 3.19. The van der Waals surface area contributed by atoms with E-state index < -0.39 is 18.0 Å². The molecule has 0 fully saturated rings. The van der Waals surface area contributed by atoms with E-state index in [9.17, 15) is 14.4 Å². The second-order valence-electron chi connectivity index (χ2n) is 5.03. The predicted octanol–water partition coefficient (Wildman–Crippen LogP) is 2.41. The Kier molecular flexibility index (Phi) is 4.43. The SMILES string of the molecule is COC(=O)C1=C(C(=O)c2cccs2)[C@@H](c2ccccc2)NC(=O)N1. The number of Topliss-reactive ketones (excluding diaryl/α,β-unsaturated/α-hetero) is 1. The molecule has 0 bridgehead atoms. The van der Waals surface area contributed by atoms with Crippen molar-refractivity contribution in [2.75, 3.05) is 7.11 Å². The highest BCUT2D eigenvalue weighted by Crippen LogP contribution is 2.30. The van der Waals surface area contributed by atoms with Crippen LogP contribution in [0.5, 0.6) is 0 Å². The largest absolute Gasteiger partial charge is 0.464 e. The highest BCUT2D eigenvalue weighted by atomic mass is 32.1. The summed E-state index contributed by atoms with van der Waals surface area (Å²) in [5.74, 6) is -1.09. The number of benzene rings is 1. The van der Waals surface area contributed by atoms with Crippen LogP contribution in [0.3, 0.4) is 0 Å². The van der Waals surface area contributed by atoms with Crippen molar-refractivity contribution in [2.24, 2.45) is 0 Å². The van der Waals surface area contributed by atoms with E-state index in [0.29, 0.717) is 10.4 Å². The van der Waals surface area contributed by atoms with Crippen molar-refractivity contribution in [3.05, 3.63) is 69.6 Å². The molecule has 0 saturated carbocycles. The van der Waals surface area contributed by atoms with Crippen molar-refractivity contribution in [1.29, 1.82) is 0 Å². The second-order valence-corrected chi connectivity index (χ2v) is 5.98. The summed E-state index contributed by atoms with van der Waals surface area (Å²) in [4.78, 5) is 37.5. The molecule has 1 aromatic heterocycles. The van der Waals surface area contributed by atoms with Crippen LogP contribution in [-0.4, -0.2) is 24.9 Å². The Labute approximate surface area is 142 Å². The summed E-state index contributed by atoms with van der Waals surface area (Å²) in [7, 11) is 1.20. The summed E-state index contributed by atoms with van der Waals surface area (Å²) in [6.07, 6.45) is 0. The van der Waals surface area contributed by atoms with E-state index in [1.807, 2.05) is 6.07 Å². The molecule has 1 aliphatic heterocycles. The highest BCUT2D eigenvalue weighted by molar-refractivity contribution is 7.12. The van der Waals surface area contributed by atoms with Crippen molar-refractivity contribution in [1.82, 2.24) is 10.6 Å². The van der Waals surface area contributed by atoms with Gasteiger partial charge in [-0.1, -0.05) is 36.4 Å². The fraction of sp³-hybridized carbons (Fsp3) is 0.118. The lowest BCUT2D eigenvalue weighted by Gasteiger charge is -2.28. The number of ketones is 1. The Bertz CT molecular complexity index is 812. The van der Waals surface area contributed by atoms with Crippen LogP contribution < -0.4 is 10.6 Å². The van der Waals surface area contributed by atoms with Crippen LogP contribution >= 0.6 is 11.3 Å². The van der Waals surface area contributed by atoms with Crippen LogP contribution in [0.4, 0.5) is 4.79 Å². The van der Waals surface area contributed by atoms with Crippen LogP contribution in [0.2, 0.25) is 0 Å². The monoisotopic (exact) mass is 342 g/mol. The molecule has 7 heteroatoms. The molecule has 1 aliphatic rings. The van der Waals surface area contributed by atoms with Gasteiger partial charge in [0.05, 0.1) is 23.6 Å². The minimum Gasteiger partial charge on any atom is -0.464 e. The number of carbonyl (C=O) groups excluding carboxylic acids is 3. The minimum atomic E-state index is -0.759. The van der Waals surface area contributed by atoms with Gasteiger partial charge in [-0.25, -0.2) is 9.59 Å². The first-order chi connectivity index (χ1) is 11.6. The Morgan fingerprint density at radius 1 is 1.12 bits per heavy atom. The first-order valence-corrected chi connectivity index (χ1v) is 8.03. The van der Waals surface area contributed by atoms with Gasteiger partial charge in [0.15, 0.2) is 0 Å². The number of methoxy groups -OCH3 is 1. The average molecular weight is 342 g/mol. The Balaban J connectivity index is 2.17. The predicted molar refractivity (Wildman–Crippen MR) is 88.5 cm³/mol. The lowest BCUT2D eigenvalue weighted by Crippen LogP contribution is -2.47. The number of nitrogens with one attached hydrogen (secondary N) is 2. The van der Waals surface area contributed by atoms with E-state index in [1.165, 1.54) is 18.4 Å². The summed E-state index contributed by atoms with van der Waals surface area (Å²) < 4.78 is 4.73. The van der Waals surface area contributed by atoms with Crippen LogP contribution in [-0.2, 0) is 9.53 Å². The third kappa shape index (κ3) is 2.93. The molecule has 0 aliphatic carbocycles. The minimum absolute atomic E-state index is 0.131.